The van der Waals surface area contributed by atoms with E-state index in [0.717, 1.165) is 17.7 Å². The van der Waals surface area contributed by atoms with Crippen LogP contribution in [0, 0.1) is 17.1 Å². The Kier molecular flexibility index (Phi) is 5.17. The predicted octanol–water partition coefficient (Wildman–Crippen LogP) is 3.70. The molecule has 0 radical (unpaired) electrons. The molecule has 1 aromatic carbocycles. The number of likely N-dealkylation sites (tertiary alicyclic amines) is 1. The SMILES string of the molecule is N#Cc1ccc(-c2cc(C(=O)N3CCC[C@@H](N)C3)sc2-c2ccc3nccn3n2)cc1F. The molecule has 32 heavy (non-hydrogen) atoms. The molecule has 9 heteroatoms. The predicted molar refractivity (Wildman–Crippen MR) is 120 cm³/mol. The molecule has 2 N–H and O–H groups in total. The van der Waals surface area contributed by atoms with Gasteiger partial charge < -0.3 is 10.6 Å². The van der Waals surface area contributed by atoms with Crippen LogP contribution in [0.4, 0.5) is 4.39 Å². The quantitative estimate of drug-likeness (QED) is 0.517. The lowest BCUT2D eigenvalue weighted by Crippen LogP contribution is -2.45. The third kappa shape index (κ3) is 3.64. The molecule has 5 rings (SSSR count). The molecule has 3 aromatic heterocycles. The summed E-state index contributed by atoms with van der Waals surface area (Å²) in [7, 11) is 0. The van der Waals surface area contributed by atoms with Crippen molar-refractivity contribution < 1.29 is 9.18 Å². The fourth-order valence-corrected chi connectivity index (χ4v) is 5.07. The van der Waals surface area contributed by atoms with Crippen molar-refractivity contribution in [3.05, 3.63) is 65.0 Å². The largest absolute Gasteiger partial charge is 0.336 e. The highest BCUT2D eigenvalue weighted by molar-refractivity contribution is 7.18. The molecule has 0 aliphatic carbocycles. The Hall–Kier alpha value is -3.61. The van der Waals surface area contributed by atoms with Crippen LogP contribution in [0.2, 0.25) is 0 Å². The second-order valence-electron chi connectivity index (χ2n) is 7.76. The van der Waals surface area contributed by atoms with E-state index < -0.39 is 5.82 Å². The lowest BCUT2D eigenvalue weighted by Gasteiger charge is -2.30. The van der Waals surface area contributed by atoms with Crippen LogP contribution in [0.1, 0.15) is 28.1 Å². The maximum atomic E-state index is 14.4. The number of hydrogen-bond donors (Lipinski definition) is 1. The molecule has 4 aromatic rings. The van der Waals surface area contributed by atoms with Crippen LogP contribution in [-0.2, 0) is 0 Å². The third-order valence-electron chi connectivity index (χ3n) is 5.58. The first-order valence-corrected chi connectivity index (χ1v) is 11.0. The van der Waals surface area contributed by atoms with Gasteiger partial charge in [0.25, 0.3) is 5.91 Å². The smallest absolute Gasteiger partial charge is 0.264 e. The van der Waals surface area contributed by atoms with Crippen LogP contribution >= 0.6 is 11.3 Å². The van der Waals surface area contributed by atoms with Gasteiger partial charge in [0.05, 0.1) is 15.3 Å². The minimum atomic E-state index is -0.602. The summed E-state index contributed by atoms with van der Waals surface area (Å²) in [6, 6.07) is 11.7. The van der Waals surface area contributed by atoms with Crippen molar-refractivity contribution in [3.63, 3.8) is 0 Å². The van der Waals surface area contributed by atoms with E-state index in [2.05, 4.69) is 10.1 Å². The molecular formula is C23H19FN6OS. The highest BCUT2D eigenvalue weighted by Gasteiger charge is 2.26. The van der Waals surface area contributed by atoms with E-state index in [1.54, 1.807) is 33.9 Å². The van der Waals surface area contributed by atoms with Gasteiger partial charge in [0.15, 0.2) is 5.65 Å². The summed E-state index contributed by atoms with van der Waals surface area (Å²) in [5.41, 5.74) is 8.66. The Morgan fingerprint density at radius 2 is 2.16 bits per heavy atom. The Bertz CT molecular complexity index is 1370. The maximum absolute atomic E-state index is 14.4. The van der Waals surface area contributed by atoms with Crippen LogP contribution in [0.15, 0.2) is 48.8 Å². The van der Waals surface area contributed by atoms with Gasteiger partial charge in [0, 0.05) is 37.1 Å². The Labute approximate surface area is 187 Å². The second kappa shape index (κ2) is 8.15. The summed E-state index contributed by atoms with van der Waals surface area (Å²) in [4.78, 5) is 20.5. The van der Waals surface area contributed by atoms with Crippen LogP contribution < -0.4 is 5.73 Å². The zero-order valence-corrected chi connectivity index (χ0v) is 17.8. The molecule has 4 heterocycles. The summed E-state index contributed by atoms with van der Waals surface area (Å²) in [5.74, 6) is -0.689. The van der Waals surface area contributed by atoms with Gasteiger partial charge in [-0.2, -0.15) is 10.4 Å². The summed E-state index contributed by atoms with van der Waals surface area (Å²) >= 11 is 1.32. The molecule has 1 amide bonds. The van der Waals surface area contributed by atoms with E-state index in [9.17, 15) is 9.18 Å². The van der Waals surface area contributed by atoms with Crippen molar-refractivity contribution >= 4 is 22.9 Å². The number of thiophene rings is 1. The lowest BCUT2D eigenvalue weighted by atomic mass is 10.0. The van der Waals surface area contributed by atoms with Crippen LogP contribution in [0.25, 0.3) is 27.3 Å². The molecule has 7 nitrogen and oxygen atoms in total. The normalized spacial score (nSPS) is 16.3. The van der Waals surface area contributed by atoms with Gasteiger partial charge in [-0.05, 0) is 48.7 Å². The van der Waals surface area contributed by atoms with E-state index in [-0.39, 0.29) is 17.5 Å². The first-order valence-electron chi connectivity index (χ1n) is 10.2. The summed E-state index contributed by atoms with van der Waals surface area (Å²) in [6.45, 7) is 1.19. The molecule has 0 unspecified atom stereocenters. The van der Waals surface area contributed by atoms with Gasteiger partial charge in [0.1, 0.15) is 17.6 Å². The minimum absolute atomic E-state index is 0.0236. The van der Waals surface area contributed by atoms with Gasteiger partial charge in [-0.1, -0.05) is 6.07 Å². The number of carbonyl (C=O) groups excluding carboxylic acids is 1. The zero-order valence-electron chi connectivity index (χ0n) is 17.0. The topological polar surface area (TPSA) is 100 Å². The molecule has 1 aliphatic rings. The summed E-state index contributed by atoms with van der Waals surface area (Å²) in [6.07, 6.45) is 5.18. The molecule has 1 aliphatic heterocycles. The monoisotopic (exact) mass is 446 g/mol. The van der Waals surface area contributed by atoms with Crippen molar-refractivity contribution in [2.45, 2.75) is 18.9 Å². The van der Waals surface area contributed by atoms with Crippen molar-refractivity contribution in [2.24, 2.45) is 5.73 Å². The number of piperidine rings is 1. The Morgan fingerprint density at radius 3 is 2.94 bits per heavy atom. The van der Waals surface area contributed by atoms with Gasteiger partial charge in [0.2, 0.25) is 0 Å². The number of hydrogen-bond acceptors (Lipinski definition) is 6. The number of halogens is 1. The zero-order chi connectivity index (χ0) is 22.2. The number of amides is 1. The van der Waals surface area contributed by atoms with Crippen LogP contribution in [0.3, 0.4) is 0 Å². The van der Waals surface area contributed by atoms with Crippen molar-refractivity contribution in [1.82, 2.24) is 19.5 Å². The van der Waals surface area contributed by atoms with E-state index in [0.29, 0.717) is 40.4 Å². The Balaban J connectivity index is 1.62. The number of benzene rings is 1. The maximum Gasteiger partial charge on any atom is 0.264 e. The molecule has 1 saturated heterocycles. The molecule has 1 fully saturated rings. The number of nitriles is 1. The lowest BCUT2D eigenvalue weighted by molar-refractivity contribution is 0.0714. The second-order valence-corrected chi connectivity index (χ2v) is 8.81. The van der Waals surface area contributed by atoms with Gasteiger partial charge in [-0.15, -0.1) is 11.3 Å². The van der Waals surface area contributed by atoms with Crippen molar-refractivity contribution in [3.8, 4) is 27.8 Å². The number of aromatic nitrogens is 3. The molecule has 0 bridgehead atoms. The number of rotatable bonds is 3. The van der Waals surface area contributed by atoms with Gasteiger partial charge in [-0.3, -0.25) is 4.79 Å². The van der Waals surface area contributed by atoms with Gasteiger partial charge >= 0.3 is 0 Å². The van der Waals surface area contributed by atoms with Crippen LogP contribution in [-0.4, -0.2) is 44.5 Å². The average Bonchev–Trinajstić information content (AvgIpc) is 3.45. The van der Waals surface area contributed by atoms with E-state index in [1.807, 2.05) is 18.2 Å². The van der Waals surface area contributed by atoms with E-state index in [4.69, 9.17) is 11.0 Å². The number of fused-ring (bicyclic) bond motifs is 1. The first-order chi connectivity index (χ1) is 15.5. The van der Waals surface area contributed by atoms with Crippen molar-refractivity contribution in [2.75, 3.05) is 13.1 Å². The average molecular weight is 447 g/mol. The molecule has 1 atom stereocenters. The Morgan fingerprint density at radius 1 is 1.28 bits per heavy atom. The third-order valence-corrected chi connectivity index (χ3v) is 6.72. The standard InChI is InChI=1S/C23H19FN6OS/c24-18-10-14(3-4-15(18)12-25)17-11-20(23(31)29-8-1-2-16(26)13-29)32-22(17)19-5-6-21-27-7-9-30(21)28-19/h3-7,9-11,16H,1-2,8,13,26H2/t16-/m1/s1. The summed E-state index contributed by atoms with van der Waals surface area (Å²) in [5, 5.41) is 13.7. The van der Waals surface area contributed by atoms with Crippen LogP contribution in [0.5, 0.6) is 0 Å². The van der Waals surface area contributed by atoms with E-state index >= 15 is 0 Å². The summed E-state index contributed by atoms with van der Waals surface area (Å²) < 4.78 is 16.1. The fraction of sp³-hybridized carbons (Fsp3) is 0.217. The number of nitrogens with zero attached hydrogens (tertiary/aromatic N) is 5. The minimum Gasteiger partial charge on any atom is -0.336 e. The fourth-order valence-electron chi connectivity index (χ4n) is 3.96. The number of imidazole rings is 1. The molecule has 0 saturated carbocycles. The number of nitrogens with two attached hydrogens (primary N) is 1. The first kappa shape index (κ1) is 20.3. The van der Waals surface area contributed by atoms with Gasteiger partial charge in [-0.25, -0.2) is 13.9 Å². The molecule has 160 valence electrons. The highest BCUT2D eigenvalue weighted by atomic mass is 32.1. The molecule has 0 spiro atoms. The highest BCUT2D eigenvalue weighted by Crippen LogP contribution is 2.39. The van der Waals surface area contributed by atoms with E-state index in [1.165, 1.54) is 23.5 Å². The van der Waals surface area contributed by atoms with Crippen molar-refractivity contribution in [1.29, 1.82) is 5.26 Å². The molecular weight excluding hydrogens is 427 g/mol. The number of carbonyl (C=O) groups is 1.